The molecule has 5 rings (SSSR count). The van der Waals surface area contributed by atoms with Gasteiger partial charge >= 0.3 is 5.97 Å². The van der Waals surface area contributed by atoms with Crippen LogP contribution in [0.15, 0.2) is 108 Å². The molecule has 0 bridgehead atoms. The van der Waals surface area contributed by atoms with Crippen molar-refractivity contribution >= 4 is 17.6 Å². The van der Waals surface area contributed by atoms with Gasteiger partial charge in [0.2, 0.25) is 5.89 Å². The number of rotatable bonds is 6. The number of aromatic nitrogens is 1. The number of aliphatic carboxylic acids is 1. The van der Waals surface area contributed by atoms with Crippen LogP contribution in [0, 0.1) is 0 Å². The highest BCUT2D eigenvalue weighted by atomic mass is 16.4. The molecule has 4 aromatic rings. The summed E-state index contributed by atoms with van der Waals surface area (Å²) in [6.07, 6.45) is 11.2. The minimum absolute atomic E-state index is 0.552. The lowest BCUT2D eigenvalue weighted by Gasteiger charge is -2.08. The van der Waals surface area contributed by atoms with Crippen LogP contribution in [-0.2, 0) is 4.79 Å². The van der Waals surface area contributed by atoms with Gasteiger partial charge in [0.1, 0.15) is 5.69 Å². The van der Waals surface area contributed by atoms with E-state index < -0.39 is 5.97 Å². The van der Waals surface area contributed by atoms with Crippen molar-refractivity contribution in [1.82, 2.24) is 4.98 Å². The highest BCUT2D eigenvalue weighted by Crippen LogP contribution is 2.38. The first-order valence-electron chi connectivity index (χ1n) is 11.2. The molecule has 1 N–H and O–H groups in total. The Morgan fingerprint density at radius 1 is 0.882 bits per heavy atom. The normalized spacial score (nSPS) is 13.2. The van der Waals surface area contributed by atoms with Crippen molar-refractivity contribution in [3.63, 3.8) is 0 Å². The second kappa shape index (κ2) is 9.59. The molecule has 0 saturated carbocycles. The Morgan fingerprint density at radius 3 is 2.41 bits per heavy atom. The third kappa shape index (κ3) is 4.52. The maximum Gasteiger partial charge on any atom is 0.328 e. The lowest BCUT2D eigenvalue weighted by atomic mass is 9.98. The van der Waals surface area contributed by atoms with Crippen molar-refractivity contribution in [2.24, 2.45) is 0 Å². The number of benzene rings is 3. The molecule has 0 saturated heterocycles. The molecule has 0 radical (unpaired) electrons. The van der Waals surface area contributed by atoms with Gasteiger partial charge in [0.15, 0.2) is 5.76 Å². The van der Waals surface area contributed by atoms with Crippen molar-refractivity contribution in [1.29, 1.82) is 0 Å². The van der Waals surface area contributed by atoms with Gasteiger partial charge in [0, 0.05) is 22.8 Å². The quantitative estimate of drug-likeness (QED) is 0.312. The van der Waals surface area contributed by atoms with Crippen molar-refractivity contribution < 1.29 is 14.3 Å². The molecule has 1 heterocycles. The monoisotopic (exact) mass is 445 g/mol. The predicted octanol–water partition coefficient (Wildman–Crippen LogP) is 7.51. The summed E-state index contributed by atoms with van der Waals surface area (Å²) in [4.78, 5) is 15.9. The lowest BCUT2D eigenvalue weighted by Crippen LogP contribution is -1.88. The van der Waals surface area contributed by atoms with Crippen LogP contribution in [0.25, 0.3) is 45.5 Å². The summed E-state index contributed by atoms with van der Waals surface area (Å²) in [6.45, 7) is 0. The zero-order valence-corrected chi connectivity index (χ0v) is 18.5. The number of oxazole rings is 1. The lowest BCUT2D eigenvalue weighted by molar-refractivity contribution is -0.131. The summed E-state index contributed by atoms with van der Waals surface area (Å²) in [7, 11) is 0. The van der Waals surface area contributed by atoms with Gasteiger partial charge in [-0.25, -0.2) is 9.78 Å². The summed E-state index contributed by atoms with van der Waals surface area (Å²) < 4.78 is 6.44. The Morgan fingerprint density at radius 2 is 1.65 bits per heavy atom. The van der Waals surface area contributed by atoms with Crippen molar-refractivity contribution in [2.45, 2.75) is 12.8 Å². The first kappa shape index (κ1) is 21.4. The van der Waals surface area contributed by atoms with Crippen LogP contribution in [0.3, 0.4) is 0 Å². The number of hydrogen-bond acceptors (Lipinski definition) is 3. The average Bonchev–Trinajstić information content (AvgIpc) is 3.34. The summed E-state index contributed by atoms with van der Waals surface area (Å²) in [5.41, 5.74) is 6.49. The number of nitrogens with zero attached hydrogens (tertiary/aromatic N) is 1. The Kier molecular flexibility index (Phi) is 6.04. The Labute approximate surface area is 198 Å². The van der Waals surface area contributed by atoms with Gasteiger partial charge in [-0.15, -0.1) is 0 Å². The second-order valence-electron chi connectivity index (χ2n) is 8.04. The fourth-order valence-corrected chi connectivity index (χ4v) is 4.10. The molecule has 4 heteroatoms. The van der Waals surface area contributed by atoms with Crippen LogP contribution in [0.2, 0.25) is 0 Å². The molecule has 1 aliphatic carbocycles. The van der Waals surface area contributed by atoms with Crippen LogP contribution in [0.4, 0.5) is 0 Å². The van der Waals surface area contributed by atoms with Gasteiger partial charge in [0.25, 0.3) is 0 Å². The number of hydrogen-bond donors (Lipinski definition) is 1. The topological polar surface area (TPSA) is 63.3 Å². The van der Waals surface area contributed by atoms with E-state index in [1.54, 1.807) is 6.08 Å². The third-order valence-electron chi connectivity index (χ3n) is 5.71. The van der Waals surface area contributed by atoms with E-state index in [0.29, 0.717) is 5.89 Å². The SMILES string of the molecule is O=C(O)/C=C/c1cccc(-c2ccccc2-c2nc(-c3ccccc3)c(C3=CCCC=C3)o2)c1. The van der Waals surface area contributed by atoms with Crippen LogP contribution in [0.5, 0.6) is 0 Å². The highest BCUT2D eigenvalue weighted by molar-refractivity contribution is 5.87. The molecule has 0 aliphatic heterocycles. The predicted molar refractivity (Wildman–Crippen MR) is 136 cm³/mol. The van der Waals surface area contributed by atoms with Crippen LogP contribution in [0.1, 0.15) is 24.2 Å². The summed E-state index contributed by atoms with van der Waals surface area (Å²) in [6, 6.07) is 25.8. The van der Waals surface area contributed by atoms with Crippen LogP contribution >= 0.6 is 0 Å². The average molecular weight is 446 g/mol. The van der Waals surface area contributed by atoms with Gasteiger partial charge in [-0.3, -0.25) is 0 Å². The van der Waals surface area contributed by atoms with E-state index in [1.807, 2.05) is 78.9 Å². The van der Waals surface area contributed by atoms with Crippen LogP contribution in [-0.4, -0.2) is 16.1 Å². The Balaban J connectivity index is 1.63. The zero-order valence-electron chi connectivity index (χ0n) is 18.5. The Bertz CT molecular complexity index is 1420. The standard InChI is InChI=1S/C30H23NO3/c32-27(33)19-18-21-10-9-15-24(20-21)25-16-7-8-17-26(25)30-31-28(22-11-3-1-4-12-22)29(34-30)23-13-5-2-6-14-23/h1,3-5,7-20H,2,6H2,(H,32,33)/b19-18+. The molecule has 0 amide bonds. The molecular weight excluding hydrogens is 422 g/mol. The molecule has 166 valence electrons. The number of carboxylic acid groups (broad SMARTS) is 1. The third-order valence-corrected chi connectivity index (χ3v) is 5.71. The van der Waals surface area contributed by atoms with E-state index in [9.17, 15) is 4.79 Å². The van der Waals surface area contributed by atoms with E-state index in [4.69, 9.17) is 14.5 Å². The molecule has 0 spiro atoms. The second-order valence-corrected chi connectivity index (χ2v) is 8.04. The highest BCUT2D eigenvalue weighted by Gasteiger charge is 2.21. The van der Waals surface area contributed by atoms with E-state index in [-0.39, 0.29) is 0 Å². The fraction of sp³-hybridized carbons (Fsp3) is 0.0667. The van der Waals surface area contributed by atoms with Gasteiger partial charge < -0.3 is 9.52 Å². The van der Waals surface area contributed by atoms with E-state index >= 15 is 0 Å². The molecule has 1 aromatic heterocycles. The van der Waals surface area contributed by atoms with Crippen molar-refractivity contribution in [3.05, 3.63) is 114 Å². The minimum atomic E-state index is -0.974. The smallest absolute Gasteiger partial charge is 0.328 e. The van der Waals surface area contributed by atoms with E-state index in [1.165, 1.54) is 0 Å². The molecule has 0 unspecified atom stereocenters. The van der Waals surface area contributed by atoms with Gasteiger partial charge in [-0.1, -0.05) is 85.0 Å². The molecule has 3 aromatic carbocycles. The molecule has 34 heavy (non-hydrogen) atoms. The van der Waals surface area contributed by atoms with Gasteiger partial charge in [0.05, 0.1) is 0 Å². The number of allylic oxidation sites excluding steroid dienone is 4. The molecule has 0 atom stereocenters. The fourth-order valence-electron chi connectivity index (χ4n) is 4.10. The van der Waals surface area contributed by atoms with Crippen molar-refractivity contribution in [2.75, 3.05) is 0 Å². The van der Waals surface area contributed by atoms with Gasteiger partial charge in [-0.05, 0) is 47.7 Å². The number of carboxylic acids is 1. The maximum atomic E-state index is 10.9. The van der Waals surface area contributed by atoms with E-state index in [2.05, 4.69) is 18.2 Å². The molecule has 1 aliphatic rings. The van der Waals surface area contributed by atoms with E-state index in [0.717, 1.165) is 63.8 Å². The minimum Gasteiger partial charge on any atom is -0.478 e. The van der Waals surface area contributed by atoms with Crippen molar-refractivity contribution in [3.8, 4) is 33.8 Å². The summed E-state index contributed by atoms with van der Waals surface area (Å²) >= 11 is 0. The summed E-state index contributed by atoms with van der Waals surface area (Å²) in [5, 5.41) is 8.97. The molecular formula is C30H23NO3. The first-order valence-corrected chi connectivity index (χ1v) is 11.2. The Hall–Kier alpha value is -4.44. The molecule has 0 fully saturated rings. The zero-order chi connectivity index (χ0) is 23.3. The largest absolute Gasteiger partial charge is 0.478 e. The van der Waals surface area contributed by atoms with Gasteiger partial charge in [-0.2, -0.15) is 0 Å². The number of carbonyl (C=O) groups is 1. The maximum absolute atomic E-state index is 10.9. The molecule has 4 nitrogen and oxygen atoms in total. The summed E-state index contributed by atoms with van der Waals surface area (Å²) in [5.74, 6) is 0.346. The van der Waals surface area contributed by atoms with Crippen LogP contribution < -0.4 is 0 Å². The first-order chi connectivity index (χ1) is 16.7.